The van der Waals surface area contributed by atoms with Crippen molar-refractivity contribution < 1.29 is 31.0 Å². The Morgan fingerprint density at radius 1 is 1.17 bits per heavy atom. The van der Waals surface area contributed by atoms with Crippen molar-refractivity contribution >= 4 is 5.91 Å². The molecular formula is C19H34IN2O2-. The maximum atomic E-state index is 12.4. The SMILES string of the molecule is CCCC1CCC2C(C1)OCC(=O)N2CCN1CCCCCC[I-]1. The zero-order valence-corrected chi connectivity index (χ0v) is 17.4. The van der Waals surface area contributed by atoms with Crippen molar-refractivity contribution in [2.45, 2.75) is 76.9 Å². The van der Waals surface area contributed by atoms with Crippen molar-refractivity contribution in [1.82, 2.24) is 8.01 Å². The van der Waals surface area contributed by atoms with Crippen LogP contribution < -0.4 is 21.5 Å². The number of ether oxygens (including phenoxy) is 1. The molecule has 3 fully saturated rings. The van der Waals surface area contributed by atoms with Gasteiger partial charge in [0.05, 0.1) is 0 Å². The number of amides is 1. The van der Waals surface area contributed by atoms with Crippen LogP contribution in [0.25, 0.3) is 0 Å². The van der Waals surface area contributed by atoms with Gasteiger partial charge in [-0.1, -0.05) is 0 Å². The third kappa shape index (κ3) is 5.07. The zero-order valence-electron chi connectivity index (χ0n) is 15.2. The standard InChI is InChI=1S/C19H34IN2O2/c1-2-7-16-8-9-17-18(14-16)24-15-19(23)22(17)13-12-21-11-6-4-3-5-10-20-21/h16-18H,2-15H2,1H3/q-1. The summed E-state index contributed by atoms with van der Waals surface area (Å²) in [5.74, 6) is 1.04. The molecular weight excluding hydrogens is 415 g/mol. The Bertz CT molecular complexity index is 399. The average Bonchev–Trinajstić information content (AvgIpc) is 2.55. The summed E-state index contributed by atoms with van der Waals surface area (Å²) in [6.07, 6.45) is 12.1. The molecule has 2 heterocycles. The number of nitrogens with zero attached hydrogens (tertiary/aromatic N) is 2. The molecule has 0 spiro atoms. The van der Waals surface area contributed by atoms with Gasteiger partial charge in [0, 0.05) is 0 Å². The van der Waals surface area contributed by atoms with Gasteiger partial charge in [0.2, 0.25) is 0 Å². The van der Waals surface area contributed by atoms with Gasteiger partial charge in [0.25, 0.3) is 0 Å². The summed E-state index contributed by atoms with van der Waals surface area (Å²) in [6.45, 7) is 5.88. The monoisotopic (exact) mass is 449 g/mol. The fraction of sp³-hybridized carbons (Fsp3) is 0.947. The normalized spacial score (nSPS) is 33.3. The number of alkyl halides is 1. The minimum absolute atomic E-state index is 0.192. The van der Waals surface area contributed by atoms with E-state index in [2.05, 4.69) is 14.9 Å². The van der Waals surface area contributed by atoms with Gasteiger partial charge in [-0.15, -0.1) is 0 Å². The summed E-state index contributed by atoms with van der Waals surface area (Å²) in [5, 5.41) is 0. The van der Waals surface area contributed by atoms with Gasteiger partial charge in [-0.05, 0) is 0 Å². The van der Waals surface area contributed by atoms with Gasteiger partial charge in [-0.25, -0.2) is 0 Å². The first-order chi connectivity index (χ1) is 11.8. The molecule has 1 saturated carbocycles. The number of carbonyl (C=O) groups is 1. The van der Waals surface area contributed by atoms with Crippen LogP contribution in [0.1, 0.15) is 64.7 Å². The van der Waals surface area contributed by atoms with Gasteiger partial charge in [0.15, 0.2) is 0 Å². The fourth-order valence-corrected chi connectivity index (χ4v) is 7.30. The van der Waals surface area contributed by atoms with Crippen molar-refractivity contribution in [3.05, 3.63) is 0 Å². The van der Waals surface area contributed by atoms with E-state index in [-0.39, 0.29) is 27.4 Å². The van der Waals surface area contributed by atoms with Crippen LogP contribution in [0.15, 0.2) is 0 Å². The molecule has 1 aliphatic carbocycles. The number of halogens is 1. The molecule has 5 heteroatoms. The summed E-state index contributed by atoms with van der Waals surface area (Å²) in [6, 6.07) is 0.354. The van der Waals surface area contributed by atoms with Crippen molar-refractivity contribution in [3.63, 3.8) is 0 Å². The third-order valence-electron chi connectivity index (χ3n) is 5.83. The van der Waals surface area contributed by atoms with Crippen LogP contribution in [-0.4, -0.2) is 56.7 Å². The molecule has 4 nitrogen and oxygen atoms in total. The Labute approximate surface area is 158 Å². The van der Waals surface area contributed by atoms with Crippen LogP contribution in [0, 0.1) is 5.92 Å². The zero-order chi connectivity index (χ0) is 16.8. The van der Waals surface area contributed by atoms with E-state index in [0.29, 0.717) is 18.8 Å². The molecule has 0 bridgehead atoms. The summed E-state index contributed by atoms with van der Waals surface area (Å²) in [4.78, 5) is 14.6. The van der Waals surface area contributed by atoms with Crippen LogP contribution in [0.4, 0.5) is 0 Å². The van der Waals surface area contributed by atoms with E-state index in [1.54, 1.807) is 0 Å². The maximum absolute atomic E-state index is 12.4. The van der Waals surface area contributed by atoms with Crippen LogP contribution in [0.2, 0.25) is 0 Å². The predicted molar refractivity (Wildman–Crippen MR) is 92.4 cm³/mol. The Morgan fingerprint density at radius 2 is 2.04 bits per heavy atom. The Kier molecular flexibility index (Phi) is 7.65. The number of rotatable bonds is 5. The quantitative estimate of drug-likeness (QED) is 0.338. The van der Waals surface area contributed by atoms with Gasteiger partial charge in [0.1, 0.15) is 0 Å². The Balaban J connectivity index is 1.52. The number of morpholine rings is 1. The molecule has 2 aliphatic heterocycles. The molecule has 0 aromatic rings. The van der Waals surface area contributed by atoms with Crippen LogP contribution in [0.3, 0.4) is 0 Å². The minimum atomic E-state index is 0.192. The molecule has 0 radical (unpaired) electrons. The van der Waals surface area contributed by atoms with Crippen LogP contribution >= 0.6 is 0 Å². The van der Waals surface area contributed by atoms with E-state index < -0.39 is 0 Å². The van der Waals surface area contributed by atoms with E-state index in [1.165, 1.54) is 62.3 Å². The van der Waals surface area contributed by atoms with E-state index in [4.69, 9.17) is 4.74 Å². The van der Waals surface area contributed by atoms with E-state index >= 15 is 0 Å². The Hall–Kier alpha value is 0.120. The molecule has 140 valence electrons. The van der Waals surface area contributed by atoms with Crippen molar-refractivity contribution in [2.24, 2.45) is 5.92 Å². The molecule has 3 rings (SSSR count). The first-order valence-corrected chi connectivity index (χ1v) is 12.5. The molecule has 0 N–H and O–H groups in total. The van der Waals surface area contributed by atoms with E-state index in [0.717, 1.165) is 25.4 Å². The molecule has 24 heavy (non-hydrogen) atoms. The second-order valence-electron chi connectivity index (χ2n) is 7.60. The first-order valence-electron chi connectivity index (χ1n) is 10.0. The second-order valence-corrected chi connectivity index (χ2v) is 10.7. The van der Waals surface area contributed by atoms with E-state index in [9.17, 15) is 4.79 Å². The average molecular weight is 449 g/mol. The fourth-order valence-electron chi connectivity index (χ4n) is 4.50. The molecule has 3 unspecified atom stereocenters. The van der Waals surface area contributed by atoms with Crippen molar-refractivity contribution in [1.29, 1.82) is 0 Å². The summed E-state index contributed by atoms with van der Waals surface area (Å²) < 4.78 is 10.1. The van der Waals surface area contributed by atoms with Gasteiger partial charge < -0.3 is 0 Å². The number of carbonyl (C=O) groups excluding carboxylic acids is 1. The second kappa shape index (κ2) is 9.72. The summed E-state index contributed by atoms with van der Waals surface area (Å²) >= 11 is 0.192. The molecule has 0 aromatic heterocycles. The van der Waals surface area contributed by atoms with E-state index in [1.807, 2.05) is 0 Å². The molecule has 1 amide bonds. The summed E-state index contributed by atoms with van der Waals surface area (Å²) in [7, 11) is 0. The Morgan fingerprint density at radius 3 is 2.92 bits per heavy atom. The molecule has 3 atom stereocenters. The summed E-state index contributed by atoms with van der Waals surface area (Å²) in [5.41, 5.74) is 0. The van der Waals surface area contributed by atoms with Crippen LogP contribution in [-0.2, 0) is 9.53 Å². The molecule has 3 aliphatic rings. The number of fused-ring (bicyclic) bond motifs is 1. The predicted octanol–water partition coefficient (Wildman–Crippen LogP) is 0.0626. The van der Waals surface area contributed by atoms with Gasteiger partial charge in [-0.2, -0.15) is 0 Å². The van der Waals surface area contributed by atoms with Crippen LogP contribution in [0.5, 0.6) is 0 Å². The first kappa shape index (κ1) is 18.9. The van der Waals surface area contributed by atoms with Gasteiger partial charge in [-0.3, -0.25) is 0 Å². The molecule has 0 aromatic carbocycles. The van der Waals surface area contributed by atoms with Crippen molar-refractivity contribution in [2.75, 3.05) is 30.7 Å². The number of hydrogen-bond acceptors (Lipinski definition) is 3. The molecule has 2 saturated heterocycles. The van der Waals surface area contributed by atoms with Crippen molar-refractivity contribution in [3.8, 4) is 0 Å². The third-order valence-corrected chi connectivity index (χ3v) is 9.00. The van der Waals surface area contributed by atoms with Gasteiger partial charge >= 0.3 is 158 Å². The number of hydrogen-bond donors (Lipinski definition) is 0. The topological polar surface area (TPSA) is 32.8 Å².